The molecular weight excluding hydrogens is 331 g/mol. The summed E-state index contributed by atoms with van der Waals surface area (Å²) in [6.45, 7) is 0.703. The quantitative estimate of drug-likeness (QED) is 0.889. The number of piperidine rings is 1. The van der Waals surface area contributed by atoms with E-state index in [0.717, 1.165) is 49.1 Å². The van der Waals surface area contributed by atoms with E-state index in [-0.39, 0.29) is 6.10 Å². The molecule has 2 aromatic rings. The average Bonchev–Trinajstić information content (AvgIpc) is 3.11. The maximum atomic E-state index is 12.7. The molecule has 1 aromatic carbocycles. The van der Waals surface area contributed by atoms with E-state index in [1.165, 1.54) is 12.1 Å². The SMILES string of the molecule is OC1CC2CCC(C1)N2Cc1cn[nH]c1-c1ccc(C(F)(F)F)cc1. The lowest BCUT2D eigenvalue weighted by Crippen LogP contribution is -2.44. The zero-order valence-electron chi connectivity index (χ0n) is 13.6. The number of hydrogen-bond donors (Lipinski definition) is 2. The lowest BCUT2D eigenvalue weighted by Gasteiger charge is -2.37. The molecule has 2 bridgehead atoms. The summed E-state index contributed by atoms with van der Waals surface area (Å²) < 4.78 is 38.2. The zero-order valence-corrected chi connectivity index (χ0v) is 13.6. The second-order valence-corrected chi connectivity index (χ2v) is 7.03. The second-order valence-electron chi connectivity index (χ2n) is 7.03. The van der Waals surface area contributed by atoms with Crippen molar-refractivity contribution in [3.63, 3.8) is 0 Å². The van der Waals surface area contributed by atoms with Crippen LogP contribution in [0.2, 0.25) is 0 Å². The van der Waals surface area contributed by atoms with Gasteiger partial charge in [0.2, 0.25) is 0 Å². The summed E-state index contributed by atoms with van der Waals surface area (Å²) in [4.78, 5) is 2.41. The molecule has 2 fully saturated rings. The third-order valence-electron chi connectivity index (χ3n) is 5.43. The molecule has 0 radical (unpaired) electrons. The van der Waals surface area contributed by atoms with E-state index in [9.17, 15) is 18.3 Å². The Balaban J connectivity index is 1.55. The van der Waals surface area contributed by atoms with Gasteiger partial charge in [-0.2, -0.15) is 18.3 Å². The van der Waals surface area contributed by atoms with E-state index in [4.69, 9.17) is 0 Å². The van der Waals surface area contributed by atoms with Crippen molar-refractivity contribution in [1.29, 1.82) is 0 Å². The van der Waals surface area contributed by atoms with Gasteiger partial charge in [-0.15, -0.1) is 0 Å². The molecule has 1 aromatic heterocycles. The predicted octanol–water partition coefficient (Wildman–Crippen LogP) is 3.58. The number of hydrogen-bond acceptors (Lipinski definition) is 3. The number of alkyl halides is 3. The molecule has 3 heterocycles. The smallest absolute Gasteiger partial charge is 0.393 e. The standard InChI is InChI=1S/C18H20F3N3O/c19-18(20,21)13-3-1-11(2-4-13)17-12(9-22-23-17)10-24-14-5-6-15(24)8-16(25)7-14/h1-4,9,14-16,25H,5-8,10H2,(H,22,23). The first kappa shape index (κ1) is 16.6. The number of aromatic nitrogens is 2. The molecule has 0 spiro atoms. The number of benzene rings is 1. The van der Waals surface area contributed by atoms with E-state index >= 15 is 0 Å². The van der Waals surface area contributed by atoms with Gasteiger partial charge in [0.05, 0.1) is 23.6 Å². The predicted molar refractivity (Wildman–Crippen MR) is 86.6 cm³/mol. The third-order valence-corrected chi connectivity index (χ3v) is 5.43. The van der Waals surface area contributed by atoms with Crippen molar-refractivity contribution in [2.75, 3.05) is 0 Å². The fourth-order valence-corrected chi connectivity index (χ4v) is 4.21. The summed E-state index contributed by atoms with van der Waals surface area (Å²) in [6.07, 6.45) is 0.978. The number of halogens is 3. The minimum atomic E-state index is -4.33. The van der Waals surface area contributed by atoms with Crippen LogP contribution in [0.3, 0.4) is 0 Å². The molecule has 2 N–H and O–H groups in total. The number of nitrogens with one attached hydrogen (secondary N) is 1. The highest BCUT2D eigenvalue weighted by molar-refractivity contribution is 5.63. The Kier molecular flexibility index (Phi) is 4.08. The summed E-state index contributed by atoms with van der Waals surface area (Å²) in [5.41, 5.74) is 1.79. The van der Waals surface area contributed by atoms with Crippen molar-refractivity contribution in [2.45, 2.75) is 56.6 Å². The van der Waals surface area contributed by atoms with Crippen molar-refractivity contribution in [3.8, 4) is 11.3 Å². The largest absolute Gasteiger partial charge is 0.416 e. The Hall–Kier alpha value is -1.86. The van der Waals surface area contributed by atoms with Crippen LogP contribution in [0.5, 0.6) is 0 Å². The van der Waals surface area contributed by atoms with Crippen molar-refractivity contribution >= 4 is 0 Å². The third kappa shape index (κ3) is 3.18. The highest BCUT2D eigenvalue weighted by Gasteiger charge is 2.40. The van der Waals surface area contributed by atoms with Crippen molar-refractivity contribution < 1.29 is 18.3 Å². The lowest BCUT2D eigenvalue weighted by molar-refractivity contribution is -0.137. The Morgan fingerprint density at radius 1 is 1.12 bits per heavy atom. The summed E-state index contributed by atoms with van der Waals surface area (Å²) in [5, 5.41) is 16.9. The van der Waals surface area contributed by atoms with Gasteiger partial charge in [-0.05, 0) is 43.4 Å². The fraction of sp³-hybridized carbons (Fsp3) is 0.500. The Labute approximate surface area is 143 Å². The Bertz CT molecular complexity index is 727. The van der Waals surface area contributed by atoms with Gasteiger partial charge >= 0.3 is 6.18 Å². The van der Waals surface area contributed by atoms with Gasteiger partial charge in [0, 0.05) is 24.2 Å². The van der Waals surface area contributed by atoms with E-state index in [0.29, 0.717) is 24.2 Å². The number of aromatic amines is 1. The molecule has 4 rings (SSSR count). The number of aliphatic hydroxyl groups excluding tert-OH is 1. The Morgan fingerprint density at radius 3 is 2.36 bits per heavy atom. The average molecular weight is 351 g/mol. The molecule has 25 heavy (non-hydrogen) atoms. The van der Waals surface area contributed by atoms with Crippen molar-refractivity contribution in [1.82, 2.24) is 15.1 Å². The van der Waals surface area contributed by atoms with E-state index < -0.39 is 11.7 Å². The maximum absolute atomic E-state index is 12.7. The molecule has 0 saturated carbocycles. The van der Waals surface area contributed by atoms with Gasteiger partial charge in [-0.3, -0.25) is 10.00 Å². The summed E-state index contributed by atoms with van der Waals surface area (Å²) in [6, 6.07) is 5.91. The van der Waals surface area contributed by atoms with Crippen LogP contribution in [-0.4, -0.2) is 38.4 Å². The van der Waals surface area contributed by atoms with E-state index in [2.05, 4.69) is 15.1 Å². The molecule has 0 amide bonds. The van der Waals surface area contributed by atoms with Crippen LogP contribution in [0, 0.1) is 0 Å². The molecule has 134 valence electrons. The number of aliphatic hydroxyl groups is 1. The lowest BCUT2D eigenvalue weighted by atomic mass is 9.98. The second kappa shape index (κ2) is 6.14. The minimum Gasteiger partial charge on any atom is -0.393 e. The van der Waals surface area contributed by atoms with Gasteiger partial charge in [0.15, 0.2) is 0 Å². The van der Waals surface area contributed by atoms with Crippen molar-refractivity contribution in [2.24, 2.45) is 0 Å². The molecule has 2 aliphatic heterocycles. The van der Waals surface area contributed by atoms with Gasteiger partial charge in [0.1, 0.15) is 0 Å². The van der Waals surface area contributed by atoms with E-state index in [1.54, 1.807) is 6.20 Å². The van der Waals surface area contributed by atoms with Gasteiger partial charge in [-0.25, -0.2) is 0 Å². The summed E-state index contributed by atoms with van der Waals surface area (Å²) in [5.74, 6) is 0. The molecule has 2 unspecified atom stereocenters. The van der Waals surface area contributed by atoms with Crippen LogP contribution in [0.15, 0.2) is 30.5 Å². The highest BCUT2D eigenvalue weighted by atomic mass is 19.4. The van der Waals surface area contributed by atoms with Gasteiger partial charge < -0.3 is 5.11 Å². The van der Waals surface area contributed by atoms with Crippen LogP contribution in [0.25, 0.3) is 11.3 Å². The van der Waals surface area contributed by atoms with Crippen LogP contribution in [-0.2, 0) is 12.7 Å². The number of H-pyrrole nitrogens is 1. The molecule has 2 aliphatic rings. The number of nitrogens with zero attached hydrogens (tertiary/aromatic N) is 2. The minimum absolute atomic E-state index is 0.215. The molecule has 0 aliphatic carbocycles. The fourth-order valence-electron chi connectivity index (χ4n) is 4.21. The maximum Gasteiger partial charge on any atom is 0.416 e. The molecule has 7 heteroatoms. The topological polar surface area (TPSA) is 52.1 Å². The van der Waals surface area contributed by atoms with Crippen LogP contribution >= 0.6 is 0 Å². The van der Waals surface area contributed by atoms with E-state index in [1.807, 2.05) is 0 Å². The zero-order chi connectivity index (χ0) is 17.6. The van der Waals surface area contributed by atoms with Crippen molar-refractivity contribution in [3.05, 3.63) is 41.6 Å². The number of fused-ring (bicyclic) bond motifs is 2. The molecule has 4 nitrogen and oxygen atoms in total. The summed E-state index contributed by atoms with van der Waals surface area (Å²) >= 11 is 0. The first-order valence-corrected chi connectivity index (χ1v) is 8.55. The first-order chi connectivity index (χ1) is 11.9. The highest BCUT2D eigenvalue weighted by Crippen LogP contribution is 2.38. The molecule has 2 atom stereocenters. The molecule has 2 saturated heterocycles. The van der Waals surface area contributed by atoms with Crippen LogP contribution in [0.4, 0.5) is 13.2 Å². The van der Waals surface area contributed by atoms with Gasteiger partial charge in [-0.1, -0.05) is 12.1 Å². The molecular formula is C18H20F3N3O. The van der Waals surface area contributed by atoms with Crippen LogP contribution in [0.1, 0.15) is 36.8 Å². The Morgan fingerprint density at radius 2 is 1.76 bits per heavy atom. The first-order valence-electron chi connectivity index (χ1n) is 8.55. The van der Waals surface area contributed by atoms with Gasteiger partial charge in [0.25, 0.3) is 0 Å². The number of rotatable bonds is 3. The monoisotopic (exact) mass is 351 g/mol. The summed E-state index contributed by atoms with van der Waals surface area (Å²) in [7, 11) is 0. The van der Waals surface area contributed by atoms with Crippen LogP contribution < -0.4 is 0 Å². The normalized spacial score (nSPS) is 27.0.